The molecule has 2 aromatic carbocycles. The first-order valence-corrected chi connectivity index (χ1v) is 11.4. The van der Waals surface area contributed by atoms with Gasteiger partial charge in [-0.3, -0.25) is 9.59 Å². The molecular weight excluding hydrogens is 444 g/mol. The summed E-state index contributed by atoms with van der Waals surface area (Å²) < 4.78 is 38.6. The number of aryl methyl sites for hydroxylation is 2. The molecular formula is C26H27F2NO5. The number of ether oxygens (including phenoxy) is 2. The van der Waals surface area contributed by atoms with Crippen molar-refractivity contribution in [2.45, 2.75) is 63.7 Å². The van der Waals surface area contributed by atoms with Crippen LogP contribution in [0.15, 0.2) is 30.3 Å². The number of amides is 1. The highest BCUT2D eigenvalue weighted by Crippen LogP contribution is 2.69. The third kappa shape index (κ3) is 4.04. The van der Waals surface area contributed by atoms with Crippen LogP contribution in [0.3, 0.4) is 0 Å². The second kappa shape index (κ2) is 8.05. The average Bonchev–Trinajstić information content (AvgIpc) is 2.73. The second-order valence-corrected chi connectivity index (χ2v) is 10.2. The van der Waals surface area contributed by atoms with E-state index in [2.05, 4.69) is 5.32 Å². The van der Waals surface area contributed by atoms with E-state index in [9.17, 15) is 23.5 Å². The Labute approximate surface area is 196 Å². The van der Waals surface area contributed by atoms with E-state index in [0.717, 1.165) is 0 Å². The Morgan fingerprint density at radius 1 is 1.12 bits per heavy atom. The van der Waals surface area contributed by atoms with Gasteiger partial charge in [0.25, 0.3) is 5.91 Å². The smallest absolute Gasteiger partial charge is 0.258 e. The van der Waals surface area contributed by atoms with Crippen molar-refractivity contribution in [2.75, 3.05) is 6.61 Å². The predicted molar refractivity (Wildman–Crippen MR) is 119 cm³/mol. The number of nitrogens with one attached hydrogen (secondary N) is 1. The lowest BCUT2D eigenvalue weighted by Gasteiger charge is -2.70. The Hall–Kier alpha value is -3.00. The van der Waals surface area contributed by atoms with E-state index < -0.39 is 18.0 Å². The molecule has 1 heterocycles. The SMILES string of the molecule is Cc1ccc(OCC(=O)NC23CC(CC(=O)[C@@H]4C[C@H](O)c5cc(F)c(C)cc5O4)(C2)C3)cc1F. The number of fused-ring (bicyclic) bond motifs is 1. The van der Waals surface area contributed by atoms with E-state index >= 15 is 0 Å². The largest absolute Gasteiger partial charge is 0.484 e. The molecule has 0 saturated heterocycles. The van der Waals surface area contributed by atoms with Gasteiger partial charge in [-0.15, -0.1) is 0 Å². The van der Waals surface area contributed by atoms with Gasteiger partial charge in [-0.1, -0.05) is 6.07 Å². The zero-order valence-corrected chi connectivity index (χ0v) is 19.1. The van der Waals surface area contributed by atoms with Gasteiger partial charge >= 0.3 is 0 Å². The number of hydrogen-bond acceptors (Lipinski definition) is 5. The number of carbonyl (C=O) groups is 2. The summed E-state index contributed by atoms with van der Waals surface area (Å²) in [6.07, 6.45) is 0.801. The molecule has 3 saturated carbocycles. The summed E-state index contributed by atoms with van der Waals surface area (Å²) >= 11 is 0. The summed E-state index contributed by atoms with van der Waals surface area (Å²) in [5.74, 6) is -0.513. The number of halogens is 2. The van der Waals surface area contributed by atoms with E-state index in [1.807, 2.05) is 0 Å². The number of Topliss-reactive ketones (excluding diaryl/α,β-unsaturated/α-hetero) is 1. The van der Waals surface area contributed by atoms with E-state index in [1.54, 1.807) is 26.0 Å². The van der Waals surface area contributed by atoms with Crippen molar-refractivity contribution in [3.8, 4) is 11.5 Å². The maximum atomic E-state index is 13.8. The molecule has 1 amide bonds. The molecule has 2 atom stereocenters. The minimum atomic E-state index is -0.950. The molecule has 0 unspecified atom stereocenters. The van der Waals surface area contributed by atoms with Gasteiger partial charge in [0, 0.05) is 30.0 Å². The van der Waals surface area contributed by atoms with Crippen LogP contribution in [0, 0.1) is 30.9 Å². The zero-order valence-electron chi connectivity index (χ0n) is 19.1. The monoisotopic (exact) mass is 471 g/mol. The molecule has 0 spiro atoms. The van der Waals surface area contributed by atoms with Crippen molar-refractivity contribution >= 4 is 11.7 Å². The molecule has 2 aromatic rings. The molecule has 8 heteroatoms. The van der Waals surface area contributed by atoms with Crippen LogP contribution in [0.2, 0.25) is 0 Å². The van der Waals surface area contributed by atoms with Gasteiger partial charge in [0.05, 0.1) is 6.10 Å². The molecule has 180 valence electrons. The molecule has 4 aliphatic rings. The van der Waals surface area contributed by atoms with Crippen LogP contribution in [-0.2, 0) is 9.59 Å². The van der Waals surface area contributed by atoms with Crippen molar-refractivity contribution in [1.29, 1.82) is 0 Å². The van der Waals surface area contributed by atoms with Gasteiger partial charge in [0.2, 0.25) is 0 Å². The van der Waals surface area contributed by atoms with E-state index in [0.29, 0.717) is 53.9 Å². The first-order valence-electron chi connectivity index (χ1n) is 11.4. The molecule has 0 radical (unpaired) electrons. The third-order valence-corrected chi connectivity index (χ3v) is 7.32. The predicted octanol–water partition coefficient (Wildman–Crippen LogP) is 3.84. The quantitative estimate of drug-likeness (QED) is 0.641. The maximum absolute atomic E-state index is 13.8. The summed E-state index contributed by atoms with van der Waals surface area (Å²) in [4.78, 5) is 25.2. The van der Waals surface area contributed by atoms with Crippen LogP contribution in [-0.4, -0.2) is 35.0 Å². The minimum absolute atomic E-state index is 0.0870. The van der Waals surface area contributed by atoms with Crippen LogP contribution < -0.4 is 14.8 Å². The standard InChI is InChI=1S/C26H27F2NO5/c1-14-3-4-16(6-18(14)27)33-10-24(32)29-26-11-25(12-26,13-26)9-21(31)23-8-20(30)17-7-19(28)15(2)5-22(17)34-23/h3-7,20,23,30H,8-13H2,1-2H3,(H,29,32)/t20-,23-,25?,26?/m0/s1. The molecule has 6 nitrogen and oxygen atoms in total. The van der Waals surface area contributed by atoms with Crippen LogP contribution in [0.4, 0.5) is 8.78 Å². The van der Waals surface area contributed by atoms with E-state index in [-0.39, 0.29) is 41.5 Å². The summed E-state index contributed by atoms with van der Waals surface area (Å²) in [7, 11) is 0. The number of aliphatic hydroxyl groups excluding tert-OH is 1. The van der Waals surface area contributed by atoms with Crippen LogP contribution in [0.25, 0.3) is 0 Å². The van der Waals surface area contributed by atoms with Gasteiger partial charge < -0.3 is 19.9 Å². The van der Waals surface area contributed by atoms with Crippen LogP contribution in [0.1, 0.15) is 54.9 Å². The van der Waals surface area contributed by atoms with Crippen molar-refractivity contribution in [3.05, 3.63) is 58.7 Å². The van der Waals surface area contributed by atoms with E-state index in [1.165, 1.54) is 18.2 Å². The van der Waals surface area contributed by atoms with Crippen molar-refractivity contribution < 1.29 is 33.0 Å². The van der Waals surface area contributed by atoms with Gasteiger partial charge in [-0.05, 0) is 67.9 Å². The average molecular weight is 472 g/mol. The van der Waals surface area contributed by atoms with Crippen molar-refractivity contribution in [3.63, 3.8) is 0 Å². The molecule has 34 heavy (non-hydrogen) atoms. The first-order chi connectivity index (χ1) is 16.1. The highest BCUT2D eigenvalue weighted by Gasteiger charge is 2.68. The summed E-state index contributed by atoms with van der Waals surface area (Å²) in [6, 6.07) is 7.25. The van der Waals surface area contributed by atoms with Crippen LogP contribution >= 0.6 is 0 Å². The summed E-state index contributed by atoms with van der Waals surface area (Å²) in [5.41, 5.74) is 0.806. The number of hydrogen-bond donors (Lipinski definition) is 2. The van der Waals surface area contributed by atoms with Crippen molar-refractivity contribution in [1.82, 2.24) is 5.32 Å². The normalized spacial score (nSPS) is 28.6. The van der Waals surface area contributed by atoms with Crippen LogP contribution in [0.5, 0.6) is 11.5 Å². The molecule has 3 aliphatic carbocycles. The number of ketones is 1. The third-order valence-electron chi connectivity index (χ3n) is 7.32. The molecule has 1 aliphatic heterocycles. The van der Waals surface area contributed by atoms with E-state index in [4.69, 9.17) is 9.47 Å². The number of aliphatic hydroxyl groups is 1. The maximum Gasteiger partial charge on any atom is 0.258 e. The fourth-order valence-electron chi connectivity index (χ4n) is 5.71. The Bertz CT molecular complexity index is 1160. The molecule has 0 aromatic heterocycles. The molecule has 6 rings (SSSR count). The van der Waals surface area contributed by atoms with Gasteiger partial charge in [-0.2, -0.15) is 0 Å². The zero-order chi connectivity index (χ0) is 24.3. The number of carbonyl (C=O) groups excluding carboxylic acids is 2. The lowest BCUT2D eigenvalue weighted by molar-refractivity contribution is -0.175. The minimum Gasteiger partial charge on any atom is -0.484 e. The topological polar surface area (TPSA) is 84.9 Å². The highest BCUT2D eigenvalue weighted by atomic mass is 19.1. The highest BCUT2D eigenvalue weighted by molar-refractivity contribution is 5.85. The summed E-state index contributed by atoms with van der Waals surface area (Å²) in [6.45, 7) is 3.05. The Balaban J connectivity index is 1.11. The molecule has 2 N–H and O–H groups in total. The number of rotatable bonds is 7. The van der Waals surface area contributed by atoms with Gasteiger partial charge in [-0.25, -0.2) is 8.78 Å². The van der Waals surface area contributed by atoms with Gasteiger partial charge in [0.1, 0.15) is 23.1 Å². The first kappa shape index (κ1) is 22.8. The lowest BCUT2D eigenvalue weighted by Crippen LogP contribution is -2.75. The van der Waals surface area contributed by atoms with Gasteiger partial charge in [0.15, 0.2) is 18.5 Å². The Morgan fingerprint density at radius 2 is 1.82 bits per heavy atom. The van der Waals surface area contributed by atoms with Crippen molar-refractivity contribution in [2.24, 2.45) is 5.41 Å². The fraction of sp³-hybridized carbons (Fsp3) is 0.462. The Kier molecular flexibility index (Phi) is 5.39. The lowest BCUT2D eigenvalue weighted by atomic mass is 9.38. The second-order valence-electron chi connectivity index (χ2n) is 10.2. The molecule has 3 fully saturated rings. The summed E-state index contributed by atoms with van der Waals surface area (Å²) in [5, 5.41) is 13.4. The molecule has 2 bridgehead atoms. The number of benzene rings is 2. The fourth-order valence-corrected chi connectivity index (χ4v) is 5.71. The Morgan fingerprint density at radius 3 is 2.53 bits per heavy atom.